The first-order chi connectivity index (χ1) is 5.20. The van der Waals surface area contributed by atoms with Crippen molar-refractivity contribution >= 4 is 23.5 Å². The molecule has 0 unspecified atom stereocenters. The van der Waals surface area contributed by atoms with E-state index in [0.29, 0.717) is 11.5 Å². The summed E-state index contributed by atoms with van der Waals surface area (Å²) in [6.07, 6.45) is 0. The standard InChI is InChI=1S/C5H11N3O2S/c1-7-5(9)3-11-2-4(6)8-10/h10H,2-3H2,1H3,(H2,6,8)(H,7,9). The quantitative estimate of drug-likeness (QED) is 0.227. The van der Waals surface area contributed by atoms with Gasteiger partial charge in [0.1, 0.15) is 5.84 Å². The molecule has 0 aromatic rings. The molecule has 0 saturated heterocycles. The Morgan fingerprint density at radius 1 is 1.73 bits per heavy atom. The average molecular weight is 177 g/mol. The highest BCUT2D eigenvalue weighted by molar-refractivity contribution is 8.00. The van der Waals surface area contributed by atoms with Gasteiger partial charge in [-0.25, -0.2) is 0 Å². The summed E-state index contributed by atoms with van der Waals surface area (Å²) in [7, 11) is 1.56. The van der Waals surface area contributed by atoms with E-state index in [2.05, 4.69) is 10.5 Å². The zero-order chi connectivity index (χ0) is 8.69. The number of thioether (sulfide) groups is 1. The molecule has 0 rings (SSSR count). The number of nitrogens with two attached hydrogens (primary N) is 1. The molecule has 0 aromatic carbocycles. The number of amides is 1. The number of hydrogen-bond acceptors (Lipinski definition) is 4. The monoisotopic (exact) mass is 177 g/mol. The summed E-state index contributed by atoms with van der Waals surface area (Å²) in [6, 6.07) is 0. The molecule has 0 saturated carbocycles. The smallest absolute Gasteiger partial charge is 0.229 e. The summed E-state index contributed by atoms with van der Waals surface area (Å²) in [5, 5.41) is 13.3. The maximum absolute atomic E-state index is 10.6. The topological polar surface area (TPSA) is 87.7 Å². The van der Waals surface area contributed by atoms with Gasteiger partial charge in [-0.15, -0.1) is 11.8 Å². The molecule has 4 N–H and O–H groups in total. The van der Waals surface area contributed by atoms with Crippen LogP contribution in [0, 0.1) is 0 Å². The molecule has 1 amide bonds. The van der Waals surface area contributed by atoms with Crippen LogP contribution in [0.5, 0.6) is 0 Å². The van der Waals surface area contributed by atoms with E-state index in [0.717, 1.165) is 0 Å². The number of carbonyl (C=O) groups is 1. The van der Waals surface area contributed by atoms with Crippen LogP contribution in [0.25, 0.3) is 0 Å². The molecule has 0 atom stereocenters. The van der Waals surface area contributed by atoms with Gasteiger partial charge in [0, 0.05) is 7.05 Å². The van der Waals surface area contributed by atoms with Gasteiger partial charge >= 0.3 is 0 Å². The van der Waals surface area contributed by atoms with Gasteiger partial charge in [0.2, 0.25) is 5.91 Å². The van der Waals surface area contributed by atoms with Crippen LogP contribution >= 0.6 is 11.8 Å². The summed E-state index contributed by atoms with van der Waals surface area (Å²) < 4.78 is 0. The normalized spacial score (nSPS) is 11.2. The summed E-state index contributed by atoms with van der Waals surface area (Å²) >= 11 is 1.29. The van der Waals surface area contributed by atoms with Crippen molar-refractivity contribution in [3.8, 4) is 0 Å². The third-order valence-electron chi connectivity index (χ3n) is 0.890. The minimum atomic E-state index is -0.0688. The largest absolute Gasteiger partial charge is 0.409 e. The minimum Gasteiger partial charge on any atom is -0.409 e. The highest BCUT2D eigenvalue weighted by Crippen LogP contribution is 1.97. The van der Waals surface area contributed by atoms with Crippen molar-refractivity contribution in [2.45, 2.75) is 0 Å². The molecule has 0 fully saturated rings. The molecule has 0 aliphatic heterocycles. The Bertz CT molecular complexity index is 160. The first-order valence-corrected chi connectivity index (χ1v) is 4.11. The summed E-state index contributed by atoms with van der Waals surface area (Å²) in [6.45, 7) is 0. The van der Waals surface area contributed by atoms with E-state index < -0.39 is 0 Å². The van der Waals surface area contributed by atoms with Crippen LogP contribution in [0.1, 0.15) is 0 Å². The van der Waals surface area contributed by atoms with Crippen LogP contribution in [0.2, 0.25) is 0 Å². The van der Waals surface area contributed by atoms with E-state index in [1.165, 1.54) is 11.8 Å². The lowest BCUT2D eigenvalue weighted by atomic mass is 10.7. The minimum absolute atomic E-state index is 0.0688. The predicted molar refractivity (Wildman–Crippen MR) is 44.8 cm³/mol. The van der Waals surface area contributed by atoms with Gasteiger partial charge < -0.3 is 16.3 Å². The fourth-order valence-electron chi connectivity index (χ4n) is 0.349. The molecule has 6 heteroatoms. The zero-order valence-corrected chi connectivity index (χ0v) is 7.02. The van der Waals surface area contributed by atoms with Gasteiger partial charge in [-0.1, -0.05) is 5.16 Å². The van der Waals surface area contributed by atoms with Crippen molar-refractivity contribution in [2.75, 3.05) is 18.6 Å². The molecule has 5 nitrogen and oxygen atoms in total. The highest BCUT2D eigenvalue weighted by Gasteiger charge is 1.98. The molecular weight excluding hydrogens is 166 g/mol. The first kappa shape index (κ1) is 10.1. The summed E-state index contributed by atoms with van der Waals surface area (Å²) in [4.78, 5) is 10.6. The zero-order valence-electron chi connectivity index (χ0n) is 6.20. The summed E-state index contributed by atoms with van der Waals surface area (Å²) in [5.41, 5.74) is 5.15. The number of rotatable bonds is 4. The molecule has 11 heavy (non-hydrogen) atoms. The van der Waals surface area contributed by atoms with E-state index in [-0.39, 0.29) is 11.7 Å². The van der Waals surface area contributed by atoms with Crippen LogP contribution in [0.4, 0.5) is 0 Å². The highest BCUT2D eigenvalue weighted by atomic mass is 32.2. The fraction of sp³-hybridized carbons (Fsp3) is 0.600. The molecule has 0 aliphatic rings. The lowest BCUT2D eigenvalue weighted by Gasteiger charge is -1.98. The van der Waals surface area contributed by atoms with Gasteiger partial charge in [0.25, 0.3) is 0 Å². The van der Waals surface area contributed by atoms with Crippen molar-refractivity contribution in [2.24, 2.45) is 10.9 Å². The SMILES string of the molecule is CNC(=O)CSC/C(N)=N/O. The lowest BCUT2D eigenvalue weighted by Crippen LogP contribution is -2.22. The summed E-state index contributed by atoms with van der Waals surface area (Å²) in [5.74, 6) is 0.746. The van der Waals surface area contributed by atoms with Gasteiger partial charge in [0.15, 0.2) is 0 Å². The Morgan fingerprint density at radius 3 is 2.82 bits per heavy atom. The maximum Gasteiger partial charge on any atom is 0.229 e. The van der Waals surface area contributed by atoms with Gasteiger partial charge in [-0.2, -0.15) is 0 Å². The van der Waals surface area contributed by atoms with E-state index in [1.54, 1.807) is 7.05 Å². The lowest BCUT2D eigenvalue weighted by molar-refractivity contribution is -0.118. The second kappa shape index (κ2) is 5.84. The third kappa shape index (κ3) is 5.53. The predicted octanol–water partition coefficient (Wildman–Crippen LogP) is -0.788. The first-order valence-electron chi connectivity index (χ1n) is 2.95. The Hall–Kier alpha value is -0.910. The molecule has 0 radical (unpaired) electrons. The van der Waals surface area contributed by atoms with Gasteiger partial charge in [0.05, 0.1) is 11.5 Å². The van der Waals surface area contributed by atoms with Crippen molar-refractivity contribution in [1.82, 2.24) is 5.32 Å². The third-order valence-corrected chi connectivity index (χ3v) is 1.86. The van der Waals surface area contributed by atoms with Crippen LogP contribution < -0.4 is 11.1 Å². The van der Waals surface area contributed by atoms with E-state index in [1.807, 2.05) is 0 Å². The van der Waals surface area contributed by atoms with E-state index in [9.17, 15) is 4.79 Å². The number of carbonyl (C=O) groups excluding carboxylic acids is 1. The molecule has 0 bridgehead atoms. The fourth-order valence-corrected chi connectivity index (χ4v) is 1.05. The van der Waals surface area contributed by atoms with Crippen LogP contribution in [0.3, 0.4) is 0 Å². The molecule has 0 spiro atoms. The molecule has 0 heterocycles. The number of amidine groups is 1. The van der Waals surface area contributed by atoms with Crippen molar-refractivity contribution in [3.63, 3.8) is 0 Å². The second-order valence-electron chi connectivity index (χ2n) is 1.76. The second-order valence-corrected chi connectivity index (χ2v) is 2.74. The van der Waals surface area contributed by atoms with E-state index in [4.69, 9.17) is 10.9 Å². The Kier molecular flexibility index (Phi) is 5.36. The van der Waals surface area contributed by atoms with Gasteiger partial charge in [-0.05, 0) is 0 Å². The Labute approximate surface area is 69.0 Å². The molecular formula is C5H11N3O2S. The number of nitrogens with one attached hydrogen (secondary N) is 1. The molecule has 0 aliphatic carbocycles. The number of hydrogen-bond donors (Lipinski definition) is 3. The van der Waals surface area contributed by atoms with Crippen molar-refractivity contribution in [1.29, 1.82) is 0 Å². The molecule has 0 aromatic heterocycles. The van der Waals surface area contributed by atoms with Crippen LogP contribution in [0.15, 0.2) is 5.16 Å². The Morgan fingerprint density at radius 2 is 2.36 bits per heavy atom. The maximum atomic E-state index is 10.6. The number of nitrogens with zero attached hydrogens (tertiary/aromatic N) is 1. The van der Waals surface area contributed by atoms with E-state index >= 15 is 0 Å². The van der Waals surface area contributed by atoms with Crippen LogP contribution in [-0.4, -0.2) is 35.5 Å². The van der Waals surface area contributed by atoms with Crippen LogP contribution in [-0.2, 0) is 4.79 Å². The average Bonchev–Trinajstić information content (AvgIpc) is 2.04. The van der Waals surface area contributed by atoms with Crippen molar-refractivity contribution < 1.29 is 10.0 Å². The van der Waals surface area contributed by atoms with Crippen molar-refractivity contribution in [3.05, 3.63) is 0 Å². The van der Waals surface area contributed by atoms with Gasteiger partial charge in [-0.3, -0.25) is 4.79 Å². The molecule has 64 valence electrons. The number of oxime groups is 1. The Balaban J connectivity index is 3.35.